The smallest absolute Gasteiger partial charge is 0.221 e. The fourth-order valence-electron chi connectivity index (χ4n) is 3.03. The molecule has 11 heteroatoms. The number of rotatable bonds is 8. The van der Waals surface area contributed by atoms with Crippen LogP contribution in [0, 0.1) is 0 Å². The van der Waals surface area contributed by atoms with Gasteiger partial charge < -0.3 is 54.3 Å². The standard InChI is InChI=1S/C14H26O11/c1-21-3-7-9(17)12(20)14(6-16,25-7)23-4-8-10(18)11(19)13(5-15,22-2)24-8/h7-12,15-20H,3-6H2,1-2H3/t7-,8-,9?,10?,11-,12?,13-,14-/m1/s1. The van der Waals surface area contributed by atoms with E-state index in [1.165, 1.54) is 14.2 Å². The molecule has 2 fully saturated rings. The molecule has 6 N–H and O–H groups in total. The highest BCUT2D eigenvalue weighted by molar-refractivity contribution is 4.99. The zero-order valence-corrected chi connectivity index (χ0v) is 14.0. The molecule has 2 heterocycles. The van der Waals surface area contributed by atoms with Crippen molar-refractivity contribution in [2.75, 3.05) is 40.6 Å². The van der Waals surface area contributed by atoms with Gasteiger partial charge >= 0.3 is 0 Å². The van der Waals surface area contributed by atoms with Crippen LogP contribution in [0.5, 0.6) is 0 Å². The average molecular weight is 370 g/mol. The molecule has 8 atom stereocenters. The molecule has 0 radical (unpaired) electrons. The van der Waals surface area contributed by atoms with Crippen molar-refractivity contribution >= 4 is 0 Å². The zero-order valence-electron chi connectivity index (χ0n) is 14.0. The molecule has 3 unspecified atom stereocenters. The van der Waals surface area contributed by atoms with Gasteiger partial charge in [0, 0.05) is 14.2 Å². The Balaban J connectivity index is 2.06. The Labute approximate surface area is 144 Å². The fraction of sp³-hybridized carbons (Fsp3) is 1.00. The van der Waals surface area contributed by atoms with E-state index in [0.29, 0.717) is 0 Å². The monoisotopic (exact) mass is 370 g/mol. The first-order valence-electron chi connectivity index (χ1n) is 7.78. The summed E-state index contributed by atoms with van der Waals surface area (Å²) in [7, 11) is 2.58. The third-order valence-electron chi connectivity index (χ3n) is 4.62. The SMILES string of the molecule is COC[C@H]1O[C@@](CO)(OC[C@H]2O[C@@](CO)(OC)[C@H](O)C2O)C(O)C1O. The van der Waals surface area contributed by atoms with Crippen molar-refractivity contribution in [1.82, 2.24) is 0 Å². The molecule has 148 valence electrons. The summed E-state index contributed by atoms with van der Waals surface area (Å²) in [4.78, 5) is 0. The summed E-state index contributed by atoms with van der Waals surface area (Å²) >= 11 is 0. The van der Waals surface area contributed by atoms with Gasteiger partial charge in [-0.05, 0) is 0 Å². The number of aliphatic hydroxyl groups excluding tert-OH is 6. The van der Waals surface area contributed by atoms with Crippen LogP contribution in [0.4, 0.5) is 0 Å². The third kappa shape index (κ3) is 3.55. The highest BCUT2D eigenvalue weighted by Crippen LogP contribution is 2.36. The van der Waals surface area contributed by atoms with Crippen LogP contribution in [0.25, 0.3) is 0 Å². The summed E-state index contributed by atoms with van der Waals surface area (Å²) in [5.41, 5.74) is 0. The lowest BCUT2D eigenvalue weighted by Gasteiger charge is -2.32. The summed E-state index contributed by atoms with van der Waals surface area (Å²) < 4.78 is 26.0. The molecule has 0 amide bonds. The maximum Gasteiger partial charge on any atom is 0.221 e. The quantitative estimate of drug-likeness (QED) is 0.246. The van der Waals surface area contributed by atoms with Crippen LogP contribution in [-0.4, -0.2) is 119 Å². The zero-order chi connectivity index (χ0) is 18.8. The minimum absolute atomic E-state index is 0.0398. The molecule has 0 bridgehead atoms. The second kappa shape index (κ2) is 8.06. The van der Waals surface area contributed by atoms with Crippen molar-refractivity contribution < 1.29 is 54.3 Å². The van der Waals surface area contributed by atoms with Gasteiger partial charge in [0.15, 0.2) is 0 Å². The van der Waals surface area contributed by atoms with E-state index in [0.717, 1.165) is 0 Å². The van der Waals surface area contributed by atoms with Crippen LogP contribution in [0.1, 0.15) is 0 Å². The van der Waals surface area contributed by atoms with Crippen LogP contribution in [0.3, 0.4) is 0 Å². The lowest BCUT2D eigenvalue weighted by molar-refractivity contribution is -0.300. The molecule has 0 aromatic heterocycles. The van der Waals surface area contributed by atoms with Crippen molar-refractivity contribution in [3.63, 3.8) is 0 Å². The minimum Gasteiger partial charge on any atom is -0.391 e. The van der Waals surface area contributed by atoms with E-state index in [1.54, 1.807) is 0 Å². The average Bonchev–Trinajstić information content (AvgIpc) is 3.01. The first-order chi connectivity index (χ1) is 11.8. The summed E-state index contributed by atoms with van der Waals surface area (Å²) in [6.07, 6.45) is -8.00. The molecule has 0 spiro atoms. The Bertz CT molecular complexity index is 431. The number of hydrogen-bond donors (Lipinski definition) is 6. The lowest BCUT2D eigenvalue weighted by Crippen LogP contribution is -2.50. The summed E-state index contributed by atoms with van der Waals surface area (Å²) in [5, 5.41) is 59.1. The Morgan fingerprint density at radius 2 is 1.28 bits per heavy atom. The van der Waals surface area contributed by atoms with Gasteiger partial charge in [-0.25, -0.2) is 0 Å². The fourth-order valence-corrected chi connectivity index (χ4v) is 3.03. The van der Waals surface area contributed by atoms with E-state index in [-0.39, 0.29) is 6.61 Å². The molecule has 25 heavy (non-hydrogen) atoms. The Kier molecular flexibility index (Phi) is 6.73. The lowest BCUT2D eigenvalue weighted by atomic mass is 10.0. The minimum atomic E-state index is -1.95. The van der Waals surface area contributed by atoms with Gasteiger partial charge in [-0.3, -0.25) is 0 Å². The predicted octanol–water partition coefficient (Wildman–Crippen LogP) is -4.09. The Hall–Kier alpha value is -0.440. The number of hydrogen-bond acceptors (Lipinski definition) is 11. The molecule has 0 aromatic rings. The van der Waals surface area contributed by atoms with Crippen molar-refractivity contribution in [3.8, 4) is 0 Å². The molecule has 0 aliphatic carbocycles. The van der Waals surface area contributed by atoms with Crippen LogP contribution in [0.2, 0.25) is 0 Å². The van der Waals surface area contributed by atoms with Gasteiger partial charge in [-0.2, -0.15) is 0 Å². The van der Waals surface area contributed by atoms with E-state index in [4.69, 9.17) is 23.7 Å². The third-order valence-corrected chi connectivity index (χ3v) is 4.62. The maximum atomic E-state index is 10.2. The summed E-state index contributed by atoms with van der Waals surface area (Å²) in [5.74, 6) is -3.76. The second-order valence-corrected chi connectivity index (χ2v) is 6.09. The molecule has 2 aliphatic rings. The highest BCUT2D eigenvalue weighted by atomic mass is 16.8. The molecule has 0 saturated carbocycles. The highest BCUT2D eigenvalue weighted by Gasteiger charge is 2.58. The topological polar surface area (TPSA) is 168 Å². The molecule has 11 nitrogen and oxygen atoms in total. The molecule has 2 rings (SSSR count). The Morgan fingerprint density at radius 1 is 0.800 bits per heavy atom. The van der Waals surface area contributed by atoms with E-state index in [2.05, 4.69) is 0 Å². The van der Waals surface area contributed by atoms with E-state index in [9.17, 15) is 30.6 Å². The van der Waals surface area contributed by atoms with Gasteiger partial charge in [-0.15, -0.1) is 0 Å². The predicted molar refractivity (Wildman–Crippen MR) is 78.2 cm³/mol. The van der Waals surface area contributed by atoms with Gasteiger partial charge in [0.1, 0.15) is 49.8 Å². The molecular weight excluding hydrogens is 344 g/mol. The van der Waals surface area contributed by atoms with E-state index < -0.39 is 68.0 Å². The first kappa shape index (κ1) is 20.9. The molecule has 2 saturated heterocycles. The normalized spacial score (nSPS) is 47.5. The summed E-state index contributed by atoms with van der Waals surface area (Å²) in [6, 6.07) is 0. The van der Waals surface area contributed by atoms with E-state index >= 15 is 0 Å². The second-order valence-electron chi connectivity index (χ2n) is 6.09. The van der Waals surface area contributed by atoms with E-state index in [1.807, 2.05) is 0 Å². The first-order valence-corrected chi connectivity index (χ1v) is 7.78. The van der Waals surface area contributed by atoms with Crippen LogP contribution in [0.15, 0.2) is 0 Å². The Morgan fingerprint density at radius 3 is 1.72 bits per heavy atom. The van der Waals surface area contributed by atoms with Crippen molar-refractivity contribution in [2.45, 2.75) is 48.2 Å². The van der Waals surface area contributed by atoms with Crippen LogP contribution in [-0.2, 0) is 23.7 Å². The summed E-state index contributed by atoms with van der Waals surface area (Å²) in [6.45, 7) is -1.96. The largest absolute Gasteiger partial charge is 0.391 e. The number of methoxy groups -OCH3 is 2. The molecular formula is C14H26O11. The van der Waals surface area contributed by atoms with Crippen LogP contribution >= 0.6 is 0 Å². The van der Waals surface area contributed by atoms with Gasteiger partial charge in [0.05, 0.1) is 13.2 Å². The van der Waals surface area contributed by atoms with Crippen molar-refractivity contribution in [3.05, 3.63) is 0 Å². The molecule has 2 aliphatic heterocycles. The van der Waals surface area contributed by atoms with Crippen molar-refractivity contribution in [1.29, 1.82) is 0 Å². The maximum absolute atomic E-state index is 10.2. The molecule has 0 aromatic carbocycles. The van der Waals surface area contributed by atoms with Gasteiger partial charge in [0.25, 0.3) is 0 Å². The van der Waals surface area contributed by atoms with Gasteiger partial charge in [-0.1, -0.05) is 0 Å². The van der Waals surface area contributed by atoms with Gasteiger partial charge in [0.2, 0.25) is 11.6 Å². The van der Waals surface area contributed by atoms with Crippen LogP contribution < -0.4 is 0 Å². The van der Waals surface area contributed by atoms with Crippen molar-refractivity contribution in [2.24, 2.45) is 0 Å². The number of aliphatic hydroxyl groups is 6. The number of ether oxygens (including phenoxy) is 5.